The number of carbonyl (C=O) groups excluding carboxylic acids is 1. The predicted molar refractivity (Wildman–Crippen MR) is 125 cm³/mol. The van der Waals surface area contributed by atoms with Gasteiger partial charge in [0.1, 0.15) is 35.1 Å². The average Bonchev–Trinajstić information content (AvgIpc) is 3.31. The molecular formula is C25H24FN5O2. The van der Waals surface area contributed by atoms with Gasteiger partial charge in [0.05, 0.1) is 10.8 Å². The Morgan fingerprint density at radius 3 is 2.67 bits per heavy atom. The third kappa shape index (κ3) is 4.37. The molecule has 0 saturated carbocycles. The molecule has 7 nitrogen and oxygen atoms in total. The van der Waals surface area contributed by atoms with Gasteiger partial charge in [0.15, 0.2) is 0 Å². The molecule has 8 heteroatoms. The number of aromatic amines is 1. The van der Waals surface area contributed by atoms with E-state index in [1.165, 1.54) is 12.1 Å². The van der Waals surface area contributed by atoms with E-state index in [2.05, 4.69) is 25.2 Å². The summed E-state index contributed by atoms with van der Waals surface area (Å²) >= 11 is 0. The van der Waals surface area contributed by atoms with Crippen molar-refractivity contribution >= 4 is 28.4 Å². The Kier molecular flexibility index (Phi) is 5.42. The lowest BCUT2D eigenvalue weighted by Crippen LogP contribution is -2.45. The van der Waals surface area contributed by atoms with E-state index in [-0.39, 0.29) is 11.7 Å². The third-order valence-corrected chi connectivity index (χ3v) is 6.19. The zero-order valence-electron chi connectivity index (χ0n) is 18.2. The number of hydrogen-bond acceptors (Lipinski definition) is 5. The number of H-pyrrole nitrogens is 1. The molecule has 1 aliphatic heterocycles. The summed E-state index contributed by atoms with van der Waals surface area (Å²) in [7, 11) is 0. The number of benzene rings is 2. The van der Waals surface area contributed by atoms with Gasteiger partial charge in [0, 0.05) is 31.0 Å². The summed E-state index contributed by atoms with van der Waals surface area (Å²) < 4.78 is 18.9. The van der Waals surface area contributed by atoms with Crippen LogP contribution in [0, 0.1) is 11.2 Å². The first kappa shape index (κ1) is 20.9. The number of amides is 1. The van der Waals surface area contributed by atoms with Gasteiger partial charge in [-0.3, -0.25) is 4.79 Å². The number of aromatic nitrogens is 3. The molecule has 5 rings (SSSR count). The van der Waals surface area contributed by atoms with E-state index in [4.69, 9.17) is 4.74 Å². The fraction of sp³-hybridized carbons (Fsp3) is 0.240. The average molecular weight is 445 g/mol. The summed E-state index contributed by atoms with van der Waals surface area (Å²) in [5.74, 6) is 1.66. The number of halogens is 1. The highest BCUT2D eigenvalue weighted by molar-refractivity contribution is 5.95. The maximum Gasteiger partial charge on any atom is 0.230 e. The third-order valence-electron chi connectivity index (χ3n) is 6.19. The maximum atomic E-state index is 13.2. The first-order chi connectivity index (χ1) is 16.0. The SMILES string of the molecule is CC1(C(=O)Nc2cccc(Oc3ccc(F)cc3)c2)CCN(c2ncnc3[nH]ccc23)CC1. The summed E-state index contributed by atoms with van der Waals surface area (Å²) in [5, 5.41) is 4.03. The van der Waals surface area contributed by atoms with Crippen molar-refractivity contribution in [3.63, 3.8) is 0 Å². The maximum absolute atomic E-state index is 13.2. The van der Waals surface area contributed by atoms with Crippen LogP contribution >= 0.6 is 0 Å². The second kappa shape index (κ2) is 8.54. The summed E-state index contributed by atoms with van der Waals surface area (Å²) in [6, 6.07) is 15.0. The number of nitrogens with one attached hydrogen (secondary N) is 2. The van der Waals surface area contributed by atoms with Crippen molar-refractivity contribution in [1.29, 1.82) is 0 Å². The molecule has 4 aromatic rings. The number of fused-ring (bicyclic) bond motifs is 1. The molecule has 0 unspecified atom stereocenters. The highest BCUT2D eigenvalue weighted by Crippen LogP contribution is 2.35. The van der Waals surface area contributed by atoms with Gasteiger partial charge in [0.2, 0.25) is 5.91 Å². The number of ether oxygens (including phenoxy) is 1. The lowest BCUT2D eigenvalue weighted by molar-refractivity contribution is -0.125. The van der Waals surface area contributed by atoms with Crippen molar-refractivity contribution in [2.45, 2.75) is 19.8 Å². The molecule has 2 aromatic heterocycles. The molecule has 0 spiro atoms. The summed E-state index contributed by atoms with van der Waals surface area (Å²) in [4.78, 5) is 27.2. The van der Waals surface area contributed by atoms with Crippen molar-refractivity contribution in [2.75, 3.05) is 23.3 Å². The van der Waals surface area contributed by atoms with Crippen LogP contribution in [-0.2, 0) is 4.79 Å². The van der Waals surface area contributed by atoms with Crippen LogP contribution in [-0.4, -0.2) is 33.9 Å². The molecule has 1 aliphatic rings. The number of hydrogen-bond donors (Lipinski definition) is 2. The first-order valence-corrected chi connectivity index (χ1v) is 10.9. The van der Waals surface area contributed by atoms with Gasteiger partial charge in [-0.25, -0.2) is 14.4 Å². The van der Waals surface area contributed by atoms with E-state index >= 15 is 0 Å². The molecule has 0 bridgehead atoms. The Labute approximate surface area is 190 Å². The van der Waals surface area contributed by atoms with Crippen LogP contribution in [0.4, 0.5) is 15.9 Å². The van der Waals surface area contributed by atoms with Crippen molar-refractivity contribution < 1.29 is 13.9 Å². The van der Waals surface area contributed by atoms with Gasteiger partial charge < -0.3 is 19.9 Å². The molecule has 0 aliphatic carbocycles. The fourth-order valence-electron chi connectivity index (χ4n) is 4.11. The van der Waals surface area contributed by atoms with Crippen LogP contribution in [0.15, 0.2) is 67.1 Å². The first-order valence-electron chi connectivity index (χ1n) is 10.9. The van der Waals surface area contributed by atoms with E-state index in [9.17, 15) is 9.18 Å². The molecule has 2 aromatic carbocycles. The standard InChI is InChI=1S/C25H24FN5O2/c1-25(10-13-31(14-11-25)23-21-9-12-27-22(21)28-16-29-23)24(32)30-18-3-2-4-20(15-18)33-19-7-5-17(26)6-8-19/h2-9,12,15-16H,10-11,13-14H2,1H3,(H,30,32)(H,27,28,29). The van der Waals surface area contributed by atoms with Crippen LogP contribution < -0.4 is 15.0 Å². The lowest BCUT2D eigenvalue weighted by Gasteiger charge is -2.38. The molecule has 0 radical (unpaired) electrons. The van der Waals surface area contributed by atoms with E-state index < -0.39 is 5.41 Å². The van der Waals surface area contributed by atoms with Crippen LogP contribution in [0.2, 0.25) is 0 Å². The van der Waals surface area contributed by atoms with Crippen molar-refractivity contribution in [2.24, 2.45) is 5.41 Å². The van der Waals surface area contributed by atoms with E-state index in [1.54, 1.807) is 30.6 Å². The van der Waals surface area contributed by atoms with Gasteiger partial charge >= 0.3 is 0 Å². The number of rotatable bonds is 5. The zero-order chi connectivity index (χ0) is 22.8. The number of nitrogens with zero attached hydrogens (tertiary/aromatic N) is 3. The van der Waals surface area contributed by atoms with Gasteiger partial charge in [0.25, 0.3) is 0 Å². The smallest absolute Gasteiger partial charge is 0.230 e. The molecule has 1 amide bonds. The minimum absolute atomic E-state index is 0.0180. The normalized spacial score (nSPS) is 15.4. The molecule has 33 heavy (non-hydrogen) atoms. The molecule has 168 valence electrons. The van der Waals surface area contributed by atoms with Crippen LogP contribution in [0.25, 0.3) is 11.0 Å². The monoisotopic (exact) mass is 445 g/mol. The molecular weight excluding hydrogens is 421 g/mol. The van der Waals surface area contributed by atoms with E-state index in [1.807, 2.05) is 31.3 Å². The molecule has 2 N–H and O–H groups in total. The topological polar surface area (TPSA) is 83.1 Å². The van der Waals surface area contributed by atoms with Gasteiger partial charge in [-0.1, -0.05) is 13.0 Å². The van der Waals surface area contributed by atoms with Crippen molar-refractivity contribution in [1.82, 2.24) is 15.0 Å². The number of anilines is 2. The highest BCUT2D eigenvalue weighted by atomic mass is 19.1. The van der Waals surface area contributed by atoms with Crippen molar-refractivity contribution in [3.05, 3.63) is 72.9 Å². The van der Waals surface area contributed by atoms with E-state index in [0.717, 1.165) is 29.9 Å². The minimum Gasteiger partial charge on any atom is -0.457 e. The second-order valence-corrected chi connectivity index (χ2v) is 8.52. The zero-order valence-corrected chi connectivity index (χ0v) is 18.2. The van der Waals surface area contributed by atoms with Crippen LogP contribution in [0.1, 0.15) is 19.8 Å². The van der Waals surface area contributed by atoms with Gasteiger partial charge in [-0.05, 0) is 55.3 Å². The molecule has 1 saturated heterocycles. The summed E-state index contributed by atoms with van der Waals surface area (Å²) in [5.41, 5.74) is 0.983. The highest BCUT2D eigenvalue weighted by Gasteiger charge is 2.37. The number of carbonyl (C=O) groups is 1. The van der Waals surface area contributed by atoms with Crippen molar-refractivity contribution in [3.8, 4) is 11.5 Å². The predicted octanol–water partition coefficient (Wildman–Crippen LogP) is 5.13. The quantitative estimate of drug-likeness (QED) is 0.445. The Balaban J connectivity index is 1.24. The largest absolute Gasteiger partial charge is 0.457 e. The molecule has 1 fully saturated rings. The van der Waals surface area contributed by atoms with Crippen LogP contribution in [0.5, 0.6) is 11.5 Å². The van der Waals surface area contributed by atoms with Gasteiger partial charge in [-0.2, -0.15) is 0 Å². The van der Waals surface area contributed by atoms with Crippen LogP contribution in [0.3, 0.4) is 0 Å². The Hall–Kier alpha value is -3.94. The second-order valence-electron chi connectivity index (χ2n) is 8.52. The lowest BCUT2D eigenvalue weighted by atomic mass is 9.79. The summed E-state index contributed by atoms with van der Waals surface area (Å²) in [6.45, 7) is 3.47. The summed E-state index contributed by atoms with van der Waals surface area (Å²) in [6.07, 6.45) is 4.84. The number of piperidine rings is 1. The Bertz CT molecular complexity index is 1280. The Morgan fingerprint density at radius 2 is 1.88 bits per heavy atom. The fourth-order valence-corrected chi connectivity index (χ4v) is 4.11. The van der Waals surface area contributed by atoms with E-state index in [0.29, 0.717) is 30.0 Å². The molecule has 3 heterocycles. The van der Waals surface area contributed by atoms with Gasteiger partial charge in [-0.15, -0.1) is 0 Å². The minimum atomic E-state index is -0.491. The molecule has 0 atom stereocenters. The Morgan fingerprint density at radius 1 is 1.09 bits per heavy atom.